The first-order valence-corrected chi connectivity index (χ1v) is 4.76. The molecule has 1 aromatic rings. The molecule has 0 saturated heterocycles. The second-order valence-electron chi connectivity index (χ2n) is 3.43. The zero-order valence-electron chi connectivity index (χ0n) is 8.11. The van der Waals surface area contributed by atoms with Crippen LogP contribution in [-0.4, -0.2) is 6.18 Å². The van der Waals surface area contributed by atoms with Crippen LogP contribution in [0.15, 0.2) is 18.2 Å². The van der Waals surface area contributed by atoms with E-state index in [0.717, 1.165) is 0 Å². The van der Waals surface area contributed by atoms with E-state index in [2.05, 4.69) is 0 Å². The van der Waals surface area contributed by atoms with E-state index in [-0.39, 0.29) is 0 Å². The lowest BCUT2D eigenvalue weighted by Crippen LogP contribution is -2.20. The van der Waals surface area contributed by atoms with Gasteiger partial charge in [-0.2, -0.15) is 13.2 Å². The van der Waals surface area contributed by atoms with Crippen LogP contribution in [0, 0.1) is 6.92 Å². The first-order valence-electron chi connectivity index (χ1n) is 4.38. The molecule has 0 unspecified atom stereocenters. The van der Waals surface area contributed by atoms with Crippen LogP contribution in [-0.2, 0) is 0 Å². The summed E-state index contributed by atoms with van der Waals surface area (Å²) in [6, 6.07) is 3.66. The third-order valence-electron chi connectivity index (χ3n) is 2.08. The second kappa shape index (κ2) is 4.41. The Labute approximate surface area is 91.0 Å². The highest BCUT2D eigenvalue weighted by molar-refractivity contribution is 6.30. The molecule has 0 bridgehead atoms. The molecule has 0 fully saturated rings. The topological polar surface area (TPSA) is 26.0 Å². The zero-order valence-corrected chi connectivity index (χ0v) is 8.86. The SMILES string of the molecule is Cc1cc(Cl)ccc1[C@@H](N)CC(F)(F)F. The van der Waals surface area contributed by atoms with Crippen molar-refractivity contribution in [3.05, 3.63) is 34.3 Å². The van der Waals surface area contributed by atoms with Crippen molar-refractivity contribution in [2.24, 2.45) is 5.73 Å². The van der Waals surface area contributed by atoms with Gasteiger partial charge in [0.2, 0.25) is 0 Å². The van der Waals surface area contributed by atoms with E-state index in [4.69, 9.17) is 17.3 Å². The Bertz CT molecular complexity index is 349. The van der Waals surface area contributed by atoms with E-state index in [1.807, 2.05) is 0 Å². The van der Waals surface area contributed by atoms with Crippen molar-refractivity contribution in [3.8, 4) is 0 Å². The summed E-state index contributed by atoms with van der Waals surface area (Å²) in [6.45, 7) is 1.69. The van der Waals surface area contributed by atoms with Crippen molar-refractivity contribution >= 4 is 11.6 Å². The maximum absolute atomic E-state index is 12.1. The van der Waals surface area contributed by atoms with Crippen LogP contribution in [0.1, 0.15) is 23.6 Å². The highest BCUT2D eigenvalue weighted by Crippen LogP contribution is 2.30. The lowest BCUT2D eigenvalue weighted by atomic mass is 9.99. The minimum absolute atomic E-state index is 0.483. The molecule has 0 spiro atoms. The van der Waals surface area contributed by atoms with Crippen molar-refractivity contribution in [1.82, 2.24) is 0 Å². The maximum Gasteiger partial charge on any atom is 0.390 e. The molecule has 5 heteroatoms. The van der Waals surface area contributed by atoms with Crippen LogP contribution >= 0.6 is 11.6 Å². The van der Waals surface area contributed by atoms with Gasteiger partial charge in [0, 0.05) is 11.1 Å². The maximum atomic E-state index is 12.1. The van der Waals surface area contributed by atoms with Gasteiger partial charge in [0.05, 0.1) is 6.42 Å². The summed E-state index contributed by atoms with van der Waals surface area (Å²) in [4.78, 5) is 0. The molecule has 0 amide bonds. The molecule has 1 aromatic carbocycles. The van der Waals surface area contributed by atoms with E-state index in [1.54, 1.807) is 19.1 Å². The van der Waals surface area contributed by atoms with Gasteiger partial charge in [-0.05, 0) is 30.2 Å². The summed E-state index contributed by atoms with van der Waals surface area (Å²) >= 11 is 5.69. The molecule has 1 atom stereocenters. The Balaban J connectivity index is 2.87. The monoisotopic (exact) mass is 237 g/mol. The van der Waals surface area contributed by atoms with Crippen molar-refractivity contribution < 1.29 is 13.2 Å². The lowest BCUT2D eigenvalue weighted by Gasteiger charge is -2.16. The van der Waals surface area contributed by atoms with Crippen molar-refractivity contribution in [3.63, 3.8) is 0 Å². The number of aryl methyl sites for hydroxylation is 1. The van der Waals surface area contributed by atoms with Gasteiger partial charge in [0.25, 0.3) is 0 Å². The van der Waals surface area contributed by atoms with Crippen LogP contribution in [0.5, 0.6) is 0 Å². The van der Waals surface area contributed by atoms with Crippen molar-refractivity contribution in [2.75, 3.05) is 0 Å². The smallest absolute Gasteiger partial charge is 0.324 e. The zero-order chi connectivity index (χ0) is 11.6. The lowest BCUT2D eigenvalue weighted by molar-refractivity contribution is -0.138. The minimum atomic E-state index is -4.24. The van der Waals surface area contributed by atoms with Gasteiger partial charge in [-0.25, -0.2) is 0 Å². The van der Waals surface area contributed by atoms with E-state index >= 15 is 0 Å². The van der Waals surface area contributed by atoms with Gasteiger partial charge >= 0.3 is 6.18 Å². The number of nitrogens with two attached hydrogens (primary N) is 1. The number of alkyl halides is 3. The molecule has 0 radical (unpaired) electrons. The average Bonchev–Trinajstić information content (AvgIpc) is 1.99. The average molecular weight is 238 g/mol. The molecular formula is C10H11ClF3N. The predicted octanol–water partition coefficient (Wildman–Crippen LogP) is 3.60. The van der Waals surface area contributed by atoms with E-state index in [1.165, 1.54) is 6.07 Å². The minimum Gasteiger partial charge on any atom is -0.324 e. The highest BCUT2D eigenvalue weighted by atomic mass is 35.5. The van der Waals surface area contributed by atoms with Gasteiger partial charge in [0.1, 0.15) is 0 Å². The Kier molecular flexibility index (Phi) is 3.62. The molecule has 0 aromatic heterocycles. The largest absolute Gasteiger partial charge is 0.390 e. The second-order valence-corrected chi connectivity index (χ2v) is 3.86. The normalized spacial score (nSPS) is 14.0. The number of hydrogen-bond acceptors (Lipinski definition) is 1. The van der Waals surface area contributed by atoms with Crippen LogP contribution in [0.4, 0.5) is 13.2 Å². The summed E-state index contributed by atoms with van der Waals surface area (Å²) in [5.41, 5.74) is 6.63. The number of hydrogen-bond donors (Lipinski definition) is 1. The molecule has 0 aliphatic carbocycles. The van der Waals surface area contributed by atoms with E-state index < -0.39 is 18.6 Å². The van der Waals surface area contributed by atoms with Crippen LogP contribution in [0.3, 0.4) is 0 Å². The van der Waals surface area contributed by atoms with Gasteiger partial charge in [-0.3, -0.25) is 0 Å². The van der Waals surface area contributed by atoms with Crippen LogP contribution in [0.25, 0.3) is 0 Å². The first kappa shape index (κ1) is 12.3. The fraction of sp³-hybridized carbons (Fsp3) is 0.400. The highest BCUT2D eigenvalue weighted by Gasteiger charge is 2.31. The van der Waals surface area contributed by atoms with E-state index in [9.17, 15) is 13.2 Å². The van der Waals surface area contributed by atoms with Gasteiger partial charge < -0.3 is 5.73 Å². The summed E-state index contributed by atoms with van der Waals surface area (Å²) < 4.78 is 36.3. The molecular weight excluding hydrogens is 227 g/mol. The standard InChI is InChI=1S/C10H11ClF3N/c1-6-4-7(11)2-3-8(6)9(15)5-10(12,13)14/h2-4,9H,5,15H2,1H3/t9-/m0/s1. The van der Waals surface area contributed by atoms with E-state index in [0.29, 0.717) is 16.1 Å². The molecule has 2 N–H and O–H groups in total. The third kappa shape index (κ3) is 3.72. The third-order valence-corrected chi connectivity index (χ3v) is 2.32. The first-order chi connectivity index (χ1) is 6.79. The summed E-state index contributed by atoms with van der Waals surface area (Å²) in [6.07, 6.45) is -5.26. The summed E-state index contributed by atoms with van der Waals surface area (Å²) in [5.74, 6) is 0. The number of benzene rings is 1. The molecule has 0 heterocycles. The number of halogens is 4. The molecule has 1 nitrogen and oxygen atoms in total. The Morgan fingerprint density at radius 3 is 2.47 bits per heavy atom. The van der Waals surface area contributed by atoms with Crippen molar-refractivity contribution in [2.45, 2.75) is 25.6 Å². The molecule has 0 aliphatic rings. The quantitative estimate of drug-likeness (QED) is 0.836. The van der Waals surface area contributed by atoms with Crippen LogP contribution < -0.4 is 5.73 Å². The van der Waals surface area contributed by atoms with Gasteiger partial charge in [-0.1, -0.05) is 17.7 Å². The van der Waals surface area contributed by atoms with Crippen molar-refractivity contribution in [1.29, 1.82) is 0 Å². The fourth-order valence-corrected chi connectivity index (χ4v) is 1.64. The Hall–Kier alpha value is -0.740. The summed E-state index contributed by atoms with van der Waals surface area (Å²) in [5, 5.41) is 0.496. The molecule has 1 rings (SSSR count). The summed E-state index contributed by atoms with van der Waals surface area (Å²) in [7, 11) is 0. The Morgan fingerprint density at radius 1 is 1.40 bits per heavy atom. The van der Waals surface area contributed by atoms with Crippen LogP contribution in [0.2, 0.25) is 5.02 Å². The van der Waals surface area contributed by atoms with Gasteiger partial charge in [-0.15, -0.1) is 0 Å². The molecule has 84 valence electrons. The fourth-order valence-electron chi connectivity index (χ4n) is 1.41. The predicted molar refractivity (Wildman–Crippen MR) is 53.8 cm³/mol. The number of rotatable bonds is 2. The van der Waals surface area contributed by atoms with Gasteiger partial charge in [0.15, 0.2) is 0 Å². The molecule has 15 heavy (non-hydrogen) atoms. The molecule has 0 saturated carbocycles. The molecule has 0 aliphatic heterocycles. The Morgan fingerprint density at radius 2 is 2.00 bits per heavy atom.